The SMILES string of the molecule is CC=C1CO1.O. The normalized spacial score (nSPS) is 21.8. The van der Waals surface area contributed by atoms with Crippen LogP contribution in [-0.2, 0) is 4.74 Å². The molecular weight excluding hydrogens is 80.0 g/mol. The second kappa shape index (κ2) is 1.82. The van der Waals surface area contributed by atoms with Gasteiger partial charge < -0.3 is 10.2 Å². The van der Waals surface area contributed by atoms with E-state index in [-0.39, 0.29) is 5.48 Å². The summed E-state index contributed by atoms with van der Waals surface area (Å²) in [7, 11) is 0. The van der Waals surface area contributed by atoms with Gasteiger partial charge in [0.1, 0.15) is 12.4 Å². The summed E-state index contributed by atoms with van der Waals surface area (Å²) in [5.74, 6) is 1.13. The van der Waals surface area contributed by atoms with Crippen molar-refractivity contribution in [2.75, 3.05) is 6.61 Å². The predicted octanol–water partition coefficient (Wildman–Crippen LogP) is 0.0957. The van der Waals surface area contributed by atoms with Crippen molar-refractivity contribution >= 4 is 0 Å². The van der Waals surface area contributed by atoms with Crippen molar-refractivity contribution in [2.45, 2.75) is 6.92 Å². The van der Waals surface area contributed by atoms with Crippen LogP contribution < -0.4 is 0 Å². The van der Waals surface area contributed by atoms with E-state index in [2.05, 4.69) is 0 Å². The molecule has 0 bridgehead atoms. The summed E-state index contributed by atoms with van der Waals surface area (Å²) in [6.07, 6.45) is 1.97. The molecule has 0 atom stereocenters. The number of hydrogen-bond donors (Lipinski definition) is 0. The van der Waals surface area contributed by atoms with Gasteiger partial charge in [0, 0.05) is 0 Å². The minimum absolute atomic E-state index is 0. The van der Waals surface area contributed by atoms with Crippen molar-refractivity contribution < 1.29 is 10.2 Å². The monoisotopic (exact) mass is 88.1 g/mol. The van der Waals surface area contributed by atoms with E-state index in [0.717, 1.165) is 12.4 Å². The van der Waals surface area contributed by atoms with Crippen LogP contribution in [0.25, 0.3) is 0 Å². The third-order valence-corrected chi connectivity index (χ3v) is 0.633. The van der Waals surface area contributed by atoms with Gasteiger partial charge in [-0.15, -0.1) is 0 Å². The van der Waals surface area contributed by atoms with Crippen LogP contribution in [0, 0.1) is 0 Å². The Morgan fingerprint density at radius 3 is 2.33 bits per heavy atom. The first-order chi connectivity index (χ1) is 2.43. The molecule has 2 heteroatoms. The van der Waals surface area contributed by atoms with Gasteiger partial charge >= 0.3 is 0 Å². The second-order valence-corrected chi connectivity index (χ2v) is 1.04. The van der Waals surface area contributed by atoms with Gasteiger partial charge in [-0.1, -0.05) is 0 Å². The van der Waals surface area contributed by atoms with E-state index in [4.69, 9.17) is 4.74 Å². The smallest absolute Gasteiger partial charge is 0.145 e. The standard InChI is InChI=1S/C4H6O.H2O/c1-2-4-3-5-4;/h2H,3H2,1H3;1H2. The lowest BCUT2D eigenvalue weighted by molar-refractivity contribution is 0.509. The molecule has 1 aliphatic rings. The van der Waals surface area contributed by atoms with Crippen LogP contribution >= 0.6 is 0 Å². The van der Waals surface area contributed by atoms with Crippen molar-refractivity contribution in [1.29, 1.82) is 0 Å². The maximum absolute atomic E-state index is 4.72. The van der Waals surface area contributed by atoms with E-state index in [0.29, 0.717) is 0 Å². The zero-order chi connectivity index (χ0) is 3.70. The van der Waals surface area contributed by atoms with Crippen LogP contribution in [0.5, 0.6) is 0 Å². The summed E-state index contributed by atoms with van der Waals surface area (Å²) >= 11 is 0. The quantitative estimate of drug-likeness (QED) is 0.387. The van der Waals surface area contributed by atoms with Gasteiger partial charge in [-0.3, -0.25) is 0 Å². The van der Waals surface area contributed by atoms with Crippen molar-refractivity contribution in [3.05, 3.63) is 11.8 Å². The molecule has 0 aromatic carbocycles. The number of epoxide rings is 1. The minimum atomic E-state index is 0. The van der Waals surface area contributed by atoms with E-state index in [1.807, 2.05) is 13.0 Å². The Morgan fingerprint density at radius 1 is 1.83 bits per heavy atom. The molecule has 0 aromatic heterocycles. The van der Waals surface area contributed by atoms with Crippen molar-refractivity contribution in [2.24, 2.45) is 0 Å². The molecular formula is C4H8O2. The van der Waals surface area contributed by atoms with Crippen molar-refractivity contribution in [1.82, 2.24) is 0 Å². The summed E-state index contributed by atoms with van der Waals surface area (Å²) < 4.78 is 4.72. The van der Waals surface area contributed by atoms with Crippen molar-refractivity contribution in [3.63, 3.8) is 0 Å². The zero-order valence-corrected chi connectivity index (χ0v) is 3.69. The Bertz CT molecular complexity index is 59.9. The average Bonchev–Trinajstić information content (AvgIpc) is 2.12. The highest BCUT2D eigenvalue weighted by atomic mass is 16.6. The fraction of sp³-hybridized carbons (Fsp3) is 0.500. The molecule has 6 heavy (non-hydrogen) atoms. The fourth-order valence-corrected chi connectivity index (χ4v) is 0.208. The topological polar surface area (TPSA) is 44.0 Å². The number of hydrogen-bond acceptors (Lipinski definition) is 1. The average molecular weight is 88.1 g/mol. The predicted molar refractivity (Wildman–Crippen MR) is 23.3 cm³/mol. The molecule has 1 aliphatic heterocycles. The maximum atomic E-state index is 4.72. The molecule has 1 fully saturated rings. The van der Waals surface area contributed by atoms with Crippen LogP contribution in [0.4, 0.5) is 0 Å². The molecule has 0 amide bonds. The number of rotatable bonds is 0. The highest BCUT2D eigenvalue weighted by Crippen LogP contribution is 2.11. The summed E-state index contributed by atoms with van der Waals surface area (Å²) in [5, 5.41) is 0. The molecule has 0 saturated carbocycles. The summed E-state index contributed by atoms with van der Waals surface area (Å²) in [6.45, 7) is 2.85. The van der Waals surface area contributed by atoms with Crippen LogP contribution in [0.3, 0.4) is 0 Å². The van der Waals surface area contributed by atoms with E-state index in [1.54, 1.807) is 0 Å². The first-order valence-electron chi connectivity index (χ1n) is 1.71. The van der Waals surface area contributed by atoms with E-state index in [9.17, 15) is 0 Å². The van der Waals surface area contributed by atoms with E-state index >= 15 is 0 Å². The lowest BCUT2D eigenvalue weighted by Gasteiger charge is -1.50. The zero-order valence-electron chi connectivity index (χ0n) is 3.69. The van der Waals surface area contributed by atoms with Gasteiger partial charge in [-0.25, -0.2) is 0 Å². The highest BCUT2D eigenvalue weighted by molar-refractivity contribution is 5.01. The van der Waals surface area contributed by atoms with Gasteiger partial charge in [0.15, 0.2) is 0 Å². The molecule has 1 heterocycles. The lowest BCUT2D eigenvalue weighted by Crippen LogP contribution is -1.35. The second-order valence-electron chi connectivity index (χ2n) is 1.04. The molecule has 0 radical (unpaired) electrons. The minimum Gasteiger partial charge on any atom is -0.487 e. The van der Waals surface area contributed by atoms with Crippen LogP contribution in [0.2, 0.25) is 0 Å². The molecule has 0 aromatic rings. The largest absolute Gasteiger partial charge is 0.487 e. The Balaban J connectivity index is 0.000000250. The van der Waals surface area contributed by atoms with Crippen LogP contribution in [0.1, 0.15) is 6.92 Å². The first kappa shape index (κ1) is 5.50. The molecule has 2 nitrogen and oxygen atoms in total. The van der Waals surface area contributed by atoms with Gasteiger partial charge in [0.2, 0.25) is 0 Å². The molecule has 36 valence electrons. The highest BCUT2D eigenvalue weighted by Gasteiger charge is 2.08. The van der Waals surface area contributed by atoms with Gasteiger partial charge in [0.05, 0.1) is 0 Å². The molecule has 1 saturated heterocycles. The maximum Gasteiger partial charge on any atom is 0.145 e. The third-order valence-electron chi connectivity index (χ3n) is 0.633. The molecule has 2 N–H and O–H groups in total. The summed E-state index contributed by atoms with van der Waals surface area (Å²) in [5.41, 5.74) is 0. The van der Waals surface area contributed by atoms with Crippen LogP contribution in [-0.4, -0.2) is 12.1 Å². The van der Waals surface area contributed by atoms with Crippen molar-refractivity contribution in [3.8, 4) is 0 Å². The summed E-state index contributed by atoms with van der Waals surface area (Å²) in [6, 6.07) is 0. The van der Waals surface area contributed by atoms with Crippen LogP contribution in [0.15, 0.2) is 11.8 Å². The third kappa shape index (κ3) is 1.08. The van der Waals surface area contributed by atoms with E-state index < -0.39 is 0 Å². The Hall–Kier alpha value is -0.500. The lowest BCUT2D eigenvalue weighted by atomic mass is 10.6. The first-order valence-corrected chi connectivity index (χ1v) is 1.71. The van der Waals surface area contributed by atoms with Gasteiger partial charge in [-0.05, 0) is 13.0 Å². The van der Waals surface area contributed by atoms with Gasteiger partial charge in [0.25, 0.3) is 0 Å². The number of allylic oxidation sites excluding steroid dienone is 1. The van der Waals surface area contributed by atoms with Gasteiger partial charge in [-0.2, -0.15) is 0 Å². The Morgan fingerprint density at radius 2 is 2.33 bits per heavy atom. The fourth-order valence-electron chi connectivity index (χ4n) is 0.208. The summed E-state index contributed by atoms with van der Waals surface area (Å²) in [4.78, 5) is 0. The Labute approximate surface area is 36.7 Å². The molecule has 0 spiro atoms. The molecule has 0 unspecified atom stereocenters. The Kier molecular flexibility index (Phi) is 1.67. The molecule has 0 aliphatic carbocycles. The number of ether oxygens (including phenoxy) is 1. The van der Waals surface area contributed by atoms with E-state index in [1.165, 1.54) is 0 Å². The molecule has 1 rings (SSSR count).